The average Bonchev–Trinajstić information content (AvgIpc) is 3.03. The standard InChI is InChI=1S/C26H44O2/c1-7-17-10-12-24(5)18(16-17)8-9-20-21-19(23(2,3)4)11-13-26(21,22(27)28)15-14-25(20,24)6/h17-21H,7-16H2,1-6H3,(H,27,28)/t17?,18?,19-,20?,21?,24-,25-,26+/m1/s1. The van der Waals surface area contributed by atoms with E-state index in [1.165, 1.54) is 38.5 Å². The summed E-state index contributed by atoms with van der Waals surface area (Å²) in [6.07, 6.45) is 12.2. The van der Waals surface area contributed by atoms with Gasteiger partial charge >= 0.3 is 5.97 Å². The third-order valence-electron chi connectivity index (χ3n) is 11.2. The molecule has 2 nitrogen and oxygen atoms in total. The minimum atomic E-state index is -0.478. The van der Waals surface area contributed by atoms with Gasteiger partial charge in [-0.15, -0.1) is 0 Å². The Hall–Kier alpha value is -0.530. The van der Waals surface area contributed by atoms with Gasteiger partial charge in [0.2, 0.25) is 0 Å². The van der Waals surface area contributed by atoms with Crippen molar-refractivity contribution in [3.8, 4) is 0 Å². The van der Waals surface area contributed by atoms with Crippen molar-refractivity contribution in [3.63, 3.8) is 0 Å². The van der Waals surface area contributed by atoms with Crippen LogP contribution in [0, 0.1) is 51.2 Å². The highest BCUT2D eigenvalue weighted by molar-refractivity contribution is 5.76. The molecule has 4 fully saturated rings. The van der Waals surface area contributed by atoms with Crippen LogP contribution in [0.1, 0.15) is 106 Å². The molecule has 0 aromatic heterocycles. The monoisotopic (exact) mass is 388 g/mol. The summed E-state index contributed by atoms with van der Waals surface area (Å²) in [6.45, 7) is 14.7. The van der Waals surface area contributed by atoms with Gasteiger partial charge in [-0.2, -0.15) is 0 Å². The van der Waals surface area contributed by atoms with E-state index in [-0.39, 0.29) is 5.41 Å². The fourth-order valence-corrected chi connectivity index (χ4v) is 9.13. The zero-order chi connectivity index (χ0) is 20.5. The van der Waals surface area contributed by atoms with E-state index < -0.39 is 11.4 Å². The molecule has 4 unspecified atom stereocenters. The van der Waals surface area contributed by atoms with Crippen molar-refractivity contribution in [1.29, 1.82) is 0 Å². The molecule has 4 rings (SSSR count). The van der Waals surface area contributed by atoms with Crippen molar-refractivity contribution in [3.05, 3.63) is 0 Å². The van der Waals surface area contributed by atoms with Gasteiger partial charge in [-0.3, -0.25) is 4.79 Å². The summed E-state index contributed by atoms with van der Waals surface area (Å²) in [5.74, 6) is 2.84. The maximum Gasteiger partial charge on any atom is 0.309 e. The second-order valence-corrected chi connectivity index (χ2v) is 12.8. The Morgan fingerprint density at radius 3 is 2.29 bits per heavy atom. The van der Waals surface area contributed by atoms with Gasteiger partial charge in [-0.05, 0) is 104 Å². The minimum Gasteiger partial charge on any atom is -0.481 e. The van der Waals surface area contributed by atoms with Gasteiger partial charge in [0.15, 0.2) is 0 Å². The van der Waals surface area contributed by atoms with Gasteiger partial charge in [0, 0.05) is 0 Å². The first-order valence-electron chi connectivity index (χ1n) is 12.2. The molecule has 8 atom stereocenters. The molecule has 0 aliphatic heterocycles. The maximum absolute atomic E-state index is 12.7. The summed E-state index contributed by atoms with van der Waals surface area (Å²) in [4.78, 5) is 12.7. The molecular weight excluding hydrogens is 344 g/mol. The van der Waals surface area contributed by atoms with Gasteiger partial charge in [0.05, 0.1) is 5.41 Å². The van der Waals surface area contributed by atoms with E-state index in [0.717, 1.165) is 37.5 Å². The number of rotatable bonds is 2. The molecule has 1 N–H and O–H groups in total. The Kier molecular flexibility index (Phi) is 4.80. The summed E-state index contributed by atoms with van der Waals surface area (Å²) in [6, 6.07) is 0. The van der Waals surface area contributed by atoms with Crippen molar-refractivity contribution >= 4 is 5.97 Å². The quantitative estimate of drug-likeness (QED) is 0.544. The number of hydrogen-bond donors (Lipinski definition) is 1. The summed E-state index contributed by atoms with van der Waals surface area (Å²) in [7, 11) is 0. The lowest BCUT2D eigenvalue weighted by Gasteiger charge is -2.67. The lowest BCUT2D eigenvalue weighted by atomic mass is 9.37. The summed E-state index contributed by atoms with van der Waals surface area (Å²) in [5.41, 5.74) is 0.507. The van der Waals surface area contributed by atoms with Crippen molar-refractivity contribution in [1.82, 2.24) is 0 Å². The van der Waals surface area contributed by atoms with E-state index in [0.29, 0.717) is 28.6 Å². The fraction of sp³-hybridized carbons (Fsp3) is 0.962. The second kappa shape index (κ2) is 6.48. The number of carboxylic acids is 1. The number of hydrogen-bond acceptors (Lipinski definition) is 1. The first-order valence-corrected chi connectivity index (χ1v) is 12.2. The molecule has 0 saturated heterocycles. The van der Waals surface area contributed by atoms with Gasteiger partial charge in [0.25, 0.3) is 0 Å². The molecular formula is C26H44O2. The van der Waals surface area contributed by atoms with Gasteiger partial charge < -0.3 is 5.11 Å². The highest BCUT2D eigenvalue weighted by Gasteiger charge is 2.69. The van der Waals surface area contributed by atoms with Gasteiger partial charge in [-0.1, -0.05) is 48.0 Å². The molecule has 0 aromatic carbocycles. The van der Waals surface area contributed by atoms with E-state index in [4.69, 9.17) is 0 Å². The molecule has 160 valence electrons. The molecule has 28 heavy (non-hydrogen) atoms. The van der Waals surface area contributed by atoms with Crippen molar-refractivity contribution in [2.75, 3.05) is 0 Å². The van der Waals surface area contributed by atoms with Crippen LogP contribution in [0.3, 0.4) is 0 Å². The topological polar surface area (TPSA) is 37.3 Å². The average molecular weight is 389 g/mol. The van der Waals surface area contributed by atoms with Crippen LogP contribution >= 0.6 is 0 Å². The molecule has 2 heteroatoms. The van der Waals surface area contributed by atoms with Crippen molar-refractivity contribution < 1.29 is 9.90 Å². The maximum atomic E-state index is 12.7. The Morgan fingerprint density at radius 1 is 0.964 bits per heavy atom. The van der Waals surface area contributed by atoms with Crippen LogP contribution in [0.2, 0.25) is 0 Å². The molecule has 0 bridgehead atoms. The molecule has 4 saturated carbocycles. The minimum absolute atomic E-state index is 0.206. The van der Waals surface area contributed by atoms with Crippen LogP contribution in [0.15, 0.2) is 0 Å². The molecule has 4 aliphatic carbocycles. The highest BCUT2D eigenvalue weighted by Crippen LogP contribution is 2.74. The zero-order valence-corrected chi connectivity index (χ0v) is 19.3. The number of aliphatic carboxylic acids is 1. The Bertz CT molecular complexity index is 633. The van der Waals surface area contributed by atoms with Crippen LogP contribution in [0.4, 0.5) is 0 Å². The van der Waals surface area contributed by atoms with Crippen LogP contribution in [-0.4, -0.2) is 11.1 Å². The van der Waals surface area contributed by atoms with Crippen LogP contribution in [-0.2, 0) is 4.79 Å². The summed E-state index contributed by atoms with van der Waals surface area (Å²) < 4.78 is 0. The van der Waals surface area contributed by atoms with Crippen LogP contribution in [0.25, 0.3) is 0 Å². The molecule has 0 amide bonds. The fourth-order valence-electron chi connectivity index (χ4n) is 9.13. The largest absolute Gasteiger partial charge is 0.481 e. The number of carboxylic acid groups (broad SMARTS) is 1. The van der Waals surface area contributed by atoms with Crippen molar-refractivity contribution in [2.45, 2.75) is 106 Å². The van der Waals surface area contributed by atoms with E-state index in [1.54, 1.807) is 0 Å². The van der Waals surface area contributed by atoms with E-state index in [2.05, 4.69) is 41.5 Å². The van der Waals surface area contributed by atoms with E-state index >= 15 is 0 Å². The molecule has 0 spiro atoms. The molecule has 0 radical (unpaired) electrons. The second-order valence-electron chi connectivity index (χ2n) is 12.8. The van der Waals surface area contributed by atoms with Gasteiger partial charge in [-0.25, -0.2) is 0 Å². The van der Waals surface area contributed by atoms with Crippen LogP contribution in [0.5, 0.6) is 0 Å². The zero-order valence-electron chi connectivity index (χ0n) is 19.3. The van der Waals surface area contributed by atoms with E-state index in [1.807, 2.05) is 0 Å². The Labute approximate surface area is 173 Å². The molecule has 0 heterocycles. The van der Waals surface area contributed by atoms with E-state index in [9.17, 15) is 9.90 Å². The Balaban J connectivity index is 1.75. The van der Waals surface area contributed by atoms with Crippen LogP contribution < -0.4 is 0 Å². The predicted octanol–water partition coefficient (Wildman–Crippen LogP) is 7.17. The highest BCUT2D eigenvalue weighted by atomic mass is 16.4. The third kappa shape index (κ3) is 2.61. The molecule has 4 aliphatic rings. The summed E-state index contributed by atoms with van der Waals surface area (Å²) in [5, 5.41) is 10.4. The smallest absolute Gasteiger partial charge is 0.309 e. The lowest BCUT2D eigenvalue weighted by molar-refractivity contribution is -0.199. The lowest BCUT2D eigenvalue weighted by Crippen LogP contribution is -2.61. The Morgan fingerprint density at radius 2 is 1.68 bits per heavy atom. The predicted molar refractivity (Wildman–Crippen MR) is 115 cm³/mol. The number of fused-ring (bicyclic) bond motifs is 5. The number of carbonyl (C=O) groups is 1. The normalized spacial score (nSPS) is 51.1. The summed E-state index contributed by atoms with van der Waals surface area (Å²) >= 11 is 0. The molecule has 0 aromatic rings. The first kappa shape index (κ1) is 20.7. The SMILES string of the molecule is CCC1CC[C@]2(C)C(CCC3C4[C@H](C(C)(C)C)CC[C@]4(C(=O)O)CC[C@]32C)C1. The first-order chi connectivity index (χ1) is 13.0. The van der Waals surface area contributed by atoms with Crippen molar-refractivity contribution in [2.24, 2.45) is 51.2 Å². The third-order valence-corrected chi connectivity index (χ3v) is 11.2. The van der Waals surface area contributed by atoms with Gasteiger partial charge in [0.1, 0.15) is 0 Å².